The van der Waals surface area contributed by atoms with E-state index in [1.54, 1.807) is 25.3 Å². The van der Waals surface area contributed by atoms with E-state index in [-0.39, 0.29) is 5.91 Å². The van der Waals surface area contributed by atoms with Gasteiger partial charge in [0.1, 0.15) is 5.01 Å². The zero-order chi connectivity index (χ0) is 21.8. The van der Waals surface area contributed by atoms with Crippen LogP contribution in [0, 0.1) is 0 Å². The molecule has 0 unspecified atom stereocenters. The van der Waals surface area contributed by atoms with Crippen LogP contribution in [0.2, 0.25) is 5.02 Å². The number of carbonyl (C=O) groups is 1. The molecular formula is C24H19ClN2O3S. The Hall–Kier alpha value is -3.35. The van der Waals surface area contributed by atoms with Gasteiger partial charge in [-0.05, 0) is 36.4 Å². The summed E-state index contributed by atoms with van der Waals surface area (Å²) < 4.78 is 10.5. The number of anilines is 1. The molecule has 0 saturated heterocycles. The Morgan fingerprint density at radius 1 is 0.968 bits per heavy atom. The van der Waals surface area contributed by atoms with Crippen molar-refractivity contribution in [1.82, 2.24) is 4.98 Å². The molecule has 156 valence electrons. The summed E-state index contributed by atoms with van der Waals surface area (Å²) in [6.07, 6.45) is 0. The summed E-state index contributed by atoms with van der Waals surface area (Å²) in [4.78, 5) is 17.4. The van der Waals surface area contributed by atoms with Crippen LogP contribution in [0.15, 0.2) is 72.1 Å². The fraction of sp³-hybridized carbons (Fsp3) is 0.0833. The number of rotatable bonds is 6. The molecule has 4 aromatic rings. The summed E-state index contributed by atoms with van der Waals surface area (Å²) in [5.41, 5.74) is 3.77. The molecule has 0 atom stereocenters. The van der Waals surface area contributed by atoms with Gasteiger partial charge in [-0.3, -0.25) is 4.79 Å². The van der Waals surface area contributed by atoms with Crippen molar-refractivity contribution < 1.29 is 14.3 Å². The highest BCUT2D eigenvalue weighted by Gasteiger charge is 2.13. The average molecular weight is 451 g/mol. The van der Waals surface area contributed by atoms with E-state index in [9.17, 15) is 4.79 Å². The molecule has 1 amide bonds. The van der Waals surface area contributed by atoms with Gasteiger partial charge in [-0.2, -0.15) is 0 Å². The number of halogens is 1. The maximum absolute atomic E-state index is 12.7. The van der Waals surface area contributed by atoms with E-state index in [1.807, 2.05) is 53.9 Å². The summed E-state index contributed by atoms with van der Waals surface area (Å²) in [5, 5.41) is 6.42. The van der Waals surface area contributed by atoms with Gasteiger partial charge in [-0.25, -0.2) is 4.98 Å². The van der Waals surface area contributed by atoms with Crippen molar-refractivity contribution in [3.63, 3.8) is 0 Å². The average Bonchev–Trinajstić information content (AvgIpc) is 3.29. The van der Waals surface area contributed by atoms with Gasteiger partial charge in [0.2, 0.25) is 0 Å². The highest BCUT2D eigenvalue weighted by Crippen LogP contribution is 2.34. The highest BCUT2D eigenvalue weighted by atomic mass is 35.5. The van der Waals surface area contributed by atoms with Crippen LogP contribution in [0.4, 0.5) is 5.69 Å². The van der Waals surface area contributed by atoms with Gasteiger partial charge >= 0.3 is 0 Å². The number of hydrogen-bond donors (Lipinski definition) is 1. The zero-order valence-electron chi connectivity index (χ0n) is 16.9. The lowest BCUT2D eigenvalue weighted by molar-refractivity contribution is 0.102. The predicted octanol–water partition coefficient (Wildman–Crippen LogP) is 6.40. The molecule has 0 spiro atoms. The number of ether oxygens (including phenoxy) is 2. The van der Waals surface area contributed by atoms with Crippen LogP contribution in [0.5, 0.6) is 11.5 Å². The van der Waals surface area contributed by atoms with Crippen LogP contribution in [0.1, 0.15) is 10.4 Å². The number of amides is 1. The van der Waals surface area contributed by atoms with Crippen LogP contribution in [0.25, 0.3) is 21.8 Å². The highest BCUT2D eigenvalue weighted by molar-refractivity contribution is 7.13. The Morgan fingerprint density at radius 2 is 1.77 bits per heavy atom. The smallest absolute Gasteiger partial charge is 0.255 e. The molecule has 0 radical (unpaired) electrons. The van der Waals surface area contributed by atoms with E-state index in [0.717, 1.165) is 21.8 Å². The summed E-state index contributed by atoms with van der Waals surface area (Å²) in [6, 6.07) is 20.2. The lowest BCUT2D eigenvalue weighted by Crippen LogP contribution is -2.12. The van der Waals surface area contributed by atoms with Gasteiger partial charge in [-0.1, -0.05) is 41.9 Å². The van der Waals surface area contributed by atoms with Crippen LogP contribution in [0.3, 0.4) is 0 Å². The van der Waals surface area contributed by atoms with Crippen molar-refractivity contribution in [3.05, 3.63) is 82.7 Å². The number of nitrogens with zero attached hydrogens (tertiary/aromatic N) is 1. The third-order valence-electron chi connectivity index (χ3n) is 4.67. The number of hydrogen-bond acceptors (Lipinski definition) is 5. The van der Waals surface area contributed by atoms with Gasteiger partial charge in [0.15, 0.2) is 11.5 Å². The Balaban J connectivity index is 1.56. The van der Waals surface area contributed by atoms with Crippen molar-refractivity contribution in [3.8, 4) is 33.3 Å². The topological polar surface area (TPSA) is 60.5 Å². The van der Waals surface area contributed by atoms with E-state index in [4.69, 9.17) is 26.1 Å². The quantitative estimate of drug-likeness (QED) is 0.369. The van der Waals surface area contributed by atoms with Gasteiger partial charge < -0.3 is 14.8 Å². The van der Waals surface area contributed by atoms with Gasteiger partial charge in [0.25, 0.3) is 5.91 Å². The standard InChI is InChI=1S/C24H19ClN2O3S/c1-29-21-11-10-16(13-22(21)30-2)23(28)26-17-7-5-6-15(12-17)20-14-31-24(27-20)18-8-3-4-9-19(18)25/h3-14H,1-2H3,(H,26,28). The van der Waals surface area contributed by atoms with Crippen LogP contribution < -0.4 is 14.8 Å². The molecule has 3 aromatic carbocycles. The second-order valence-electron chi connectivity index (χ2n) is 6.62. The summed E-state index contributed by atoms with van der Waals surface area (Å²) in [5.74, 6) is 0.825. The maximum atomic E-state index is 12.7. The number of methoxy groups -OCH3 is 2. The SMILES string of the molecule is COc1ccc(C(=O)Nc2cccc(-c3csc(-c4ccccc4Cl)n3)c2)cc1OC. The van der Waals surface area contributed by atoms with E-state index in [1.165, 1.54) is 18.4 Å². The molecule has 0 aliphatic rings. The van der Waals surface area contributed by atoms with Gasteiger partial charge in [0.05, 0.1) is 24.9 Å². The predicted molar refractivity (Wildman–Crippen MR) is 125 cm³/mol. The molecule has 1 heterocycles. The van der Waals surface area contributed by atoms with E-state index >= 15 is 0 Å². The van der Waals surface area contributed by atoms with Crippen molar-refractivity contribution >= 4 is 34.5 Å². The molecule has 1 aromatic heterocycles. The molecule has 7 heteroatoms. The fourth-order valence-electron chi connectivity index (χ4n) is 3.10. The minimum atomic E-state index is -0.242. The summed E-state index contributed by atoms with van der Waals surface area (Å²) in [6.45, 7) is 0. The van der Waals surface area contributed by atoms with Crippen molar-refractivity contribution in [2.24, 2.45) is 0 Å². The molecule has 5 nitrogen and oxygen atoms in total. The molecule has 31 heavy (non-hydrogen) atoms. The molecule has 0 aliphatic heterocycles. The van der Waals surface area contributed by atoms with Crippen molar-refractivity contribution in [2.45, 2.75) is 0 Å². The Morgan fingerprint density at radius 3 is 2.55 bits per heavy atom. The second-order valence-corrected chi connectivity index (χ2v) is 7.89. The fourth-order valence-corrected chi connectivity index (χ4v) is 4.25. The number of nitrogens with one attached hydrogen (secondary N) is 1. The first-order valence-corrected chi connectivity index (χ1v) is 10.7. The van der Waals surface area contributed by atoms with Crippen LogP contribution >= 0.6 is 22.9 Å². The molecular weight excluding hydrogens is 432 g/mol. The zero-order valence-corrected chi connectivity index (χ0v) is 18.5. The Kier molecular flexibility index (Phi) is 6.21. The molecule has 1 N–H and O–H groups in total. The normalized spacial score (nSPS) is 10.5. The summed E-state index contributed by atoms with van der Waals surface area (Å²) >= 11 is 7.82. The monoisotopic (exact) mass is 450 g/mol. The number of benzene rings is 3. The molecule has 0 bridgehead atoms. The molecule has 0 fully saturated rings. The van der Waals surface area contributed by atoms with E-state index in [2.05, 4.69) is 5.32 Å². The third kappa shape index (κ3) is 4.55. The number of thiazole rings is 1. The molecule has 0 aliphatic carbocycles. The lowest BCUT2D eigenvalue weighted by Gasteiger charge is -2.10. The Bertz CT molecular complexity index is 1240. The maximum Gasteiger partial charge on any atom is 0.255 e. The minimum Gasteiger partial charge on any atom is -0.493 e. The van der Waals surface area contributed by atoms with E-state index < -0.39 is 0 Å². The first-order valence-electron chi connectivity index (χ1n) is 9.43. The first kappa shape index (κ1) is 20.9. The largest absolute Gasteiger partial charge is 0.493 e. The molecule has 4 rings (SSSR count). The second kappa shape index (κ2) is 9.20. The molecule has 0 saturated carbocycles. The van der Waals surface area contributed by atoms with E-state index in [0.29, 0.717) is 27.8 Å². The summed E-state index contributed by atoms with van der Waals surface area (Å²) in [7, 11) is 3.09. The van der Waals surface area contributed by atoms with Crippen molar-refractivity contribution in [1.29, 1.82) is 0 Å². The van der Waals surface area contributed by atoms with Gasteiger partial charge in [0, 0.05) is 27.8 Å². The number of aromatic nitrogens is 1. The Labute approximate surface area is 189 Å². The van der Waals surface area contributed by atoms with Crippen LogP contribution in [-0.4, -0.2) is 25.1 Å². The van der Waals surface area contributed by atoms with Crippen molar-refractivity contribution in [2.75, 3.05) is 19.5 Å². The lowest BCUT2D eigenvalue weighted by atomic mass is 10.1. The third-order valence-corrected chi connectivity index (χ3v) is 5.88. The first-order chi connectivity index (χ1) is 15.1. The number of carbonyl (C=O) groups excluding carboxylic acids is 1. The minimum absolute atomic E-state index is 0.242. The van der Waals surface area contributed by atoms with Gasteiger partial charge in [-0.15, -0.1) is 11.3 Å². The van der Waals surface area contributed by atoms with Crippen LogP contribution in [-0.2, 0) is 0 Å².